The van der Waals surface area contributed by atoms with Gasteiger partial charge in [0.05, 0.1) is 0 Å². The lowest BCUT2D eigenvalue weighted by Crippen LogP contribution is -2.36. The Kier molecular flexibility index (Phi) is 4.72. The Morgan fingerprint density at radius 2 is 1.78 bits per heavy atom. The Morgan fingerprint density at radius 1 is 1.28 bits per heavy atom. The average molecular weight is 260 g/mol. The summed E-state index contributed by atoms with van der Waals surface area (Å²) in [5.41, 5.74) is 5.29. The van der Waals surface area contributed by atoms with Crippen molar-refractivity contribution >= 4 is 5.91 Å². The molecule has 0 bridgehead atoms. The summed E-state index contributed by atoms with van der Waals surface area (Å²) in [6.45, 7) is 3.50. The summed E-state index contributed by atoms with van der Waals surface area (Å²) in [7, 11) is 0. The topological polar surface area (TPSA) is 55.1 Å². The van der Waals surface area contributed by atoms with E-state index < -0.39 is 23.4 Å². The molecule has 3 nitrogen and oxygen atoms in total. The number of nitrogens with two attached hydrogens (primary N) is 1. The summed E-state index contributed by atoms with van der Waals surface area (Å²) in [6, 6.07) is 0.967. The first-order valence-corrected chi connectivity index (χ1v) is 5.52. The maximum Gasteiger partial charge on any atom is 0.251 e. The van der Waals surface area contributed by atoms with Gasteiger partial charge in [-0.2, -0.15) is 0 Å². The van der Waals surface area contributed by atoms with E-state index in [-0.39, 0.29) is 17.6 Å². The zero-order valence-corrected chi connectivity index (χ0v) is 10.1. The smallest absolute Gasteiger partial charge is 0.251 e. The number of nitrogens with one attached hydrogen (secondary N) is 1. The van der Waals surface area contributed by atoms with Crippen molar-refractivity contribution in [3.05, 3.63) is 35.1 Å². The van der Waals surface area contributed by atoms with Gasteiger partial charge in [-0.3, -0.25) is 4.79 Å². The second-order valence-corrected chi connectivity index (χ2v) is 4.34. The lowest BCUT2D eigenvalue weighted by Gasteiger charge is -2.16. The van der Waals surface area contributed by atoms with E-state index in [4.69, 9.17) is 5.73 Å². The molecular formula is C12H15F3N2O. The first kappa shape index (κ1) is 14.5. The third-order valence-corrected chi connectivity index (χ3v) is 2.35. The number of carbonyl (C=O) groups is 1. The molecule has 2 atom stereocenters. The maximum atomic E-state index is 12.9. The van der Waals surface area contributed by atoms with Crippen LogP contribution in [0.2, 0.25) is 0 Å². The van der Waals surface area contributed by atoms with Crippen LogP contribution in [0.3, 0.4) is 0 Å². The van der Waals surface area contributed by atoms with Gasteiger partial charge in [0.2, 0.25) is 0 Å². The van der Waals surface area contributed by atoms with Crippen LogP contribution in [0.15, 0.2) is 12.1 Å². The standard InChI is InChI=1S/C12H15F3N2O/c1-6(16)3-7(2)17-12(18)8-4-9(13)11(15)10(14)5-8/h4-7H,3,16H2,1-2H3,(H,17,18). The summed E-state index contributed by atoms with van der Waals surface area (Å²) in [5.74, 6) is -5.03. The van der Waals surface area contributed by atoms with E-state index in [9.17, 15) is 18.0 Å². The summed E-state index contributed by atoms with van der Waals surface area (Å²) in [4.78, 5) is 11.6. The minimum atomic E-state index is -1.59. The first-order valence-electron chi connectivity index (χ1n) is 5.52. The normalized spacial score (nSPS) is 14.1. The average Bonchev–Trinajstić information content (AvgIpc) is 2.23. The van der Waals surface area contributed by atoms with Crippen molar-refractivity contribution in [3.63, 3.8) is 0 Å². The van der Waals surface area contributed by atoms with Crippen LogP contribution in [0.25, 0.3) is 0 Å². The van der Waals surface area contributed by atoms with Gasteiger partial charge in [-0.05, 0) is 32.4 Å². The molecule has 18 heavy (non-hydrogen) atoms. The van der Waals surface area contributed by atoms with Crippen LogP contribution >= 0.6 is 0 Å². The zero-order valence-electron chi connectivity index (χ0n) is 10.1. The number of hydrogen-bond donors (Lipinski definition) is 2. The molecule has 0 heterocycles. The SMILES string of the molecule is CC(N)CC(C)NC(=O)c1cc(F)c(F)c(F)c1. The number of benzene rings is 1. The predicted molar refractivity (Wildman–Crippen MR) is 61.5 cm³/mol. The summed E-state index contributed by atoms with van der Waals surface area (Å²) >= 11 is 0. The minimum absolute atomic E-state index is 0.109. The Hall–Kier alpha value is -1.56. The monoisotopic (exact) mass is 260 g/mol. The molecule has 1 amide bonds. The van der Waals surface area contributed by atoms with Gasteiger partial charge in [0, 0.05) is 17.6 Å². The van der Waals surface area contributed by atoms with Crippen molar-refractivity contribution in [3.8, 4) is 0 Å². The fourth-order valence-electron chi connectivity index (χ4n) is 1.61. The molecule has 1 aromatic carbocycles. The van der Waals surface area contributed by atoms with Crippen molar-refractivity contribution in [1.82, 2.24) is 5.32 Å². The van der Waals surface area contributed by atoms with E-state index in [1.165, 1.54) is 0 Å². The molecule has 0 aliphatic heterocycles. The van der Waals surface area contributed by atoms with Gasteiger partial charge in [0.1, 0.15) is 0 Å². The maximum absolute atomic E-state index is 12.9. The lowest BCUT2D eigenvalue weighted by molar-refractivity contribution is 0.0936. The molecular weight excluding hydrogens is 245 g/mol. The molecule has 0 aromatic heterocycles. The second kappa shape index (κ2) is 5.86. The summed E-state index contributed by atoms with van der Waals surface area (Å²) < 4.78 is 38.6. The highest BCUT2D eigenvalue weighted by Gasteiger charge is 2.16. The largest absolute Gasteiger partial charge is 0.350 e. The van der Waals surface area contributed by atoms with Crippen molar-refractivity contribution in [2.45, 2.75) is 32.4 Å². The highest BCUT2D eigenvalue weighted by atomic mass is 19.2. The van der Waals surface area contributed by atoms with Crippen LogP contribution in [0.4, 0.5) is 13.2 Å². The fourth-order valence-corrected chi connectivity index (χ4v) is 1.61. The third kappa shape index (κ3) is 3.73. The molecule has 6 heteroatoms. The van der Waals surface area contributed by atoms with E-state index in [0.717, 1.165) is 0 Å². The Labute approximate surface area is 103 Å². The van der Waals surface area contributed by atoms with Crippen LogP contribution in [0.1, 0.15) is 30.6 Å². The van der Waals surface area contributed by atoms with E-state index in [1.807, 2.05) is 0 Å². The molecule has 0 saturated heterocycles. The molecule has 0 radical (unpaired) electrons. The van der Waals surface area contributed by atoms with E-state index in [0.29, 0.717) is 18.6 Å². The number of rotatable bonds is 4. The van der Waals surface area contributed by atoms with E-state index in [2.05, 4.69) is 5.32 Å². The van der Waals surface area contributed by atoms with Gasteiger partial charge >= 0.3 is 0 Å². The van der Waals surface area contributed by atoms with Crippen molar-refractivity contribution in [1.29, 1.82) is 0 Å². The molecule has 0 saturated carbocycles. The molecule has 3 N–H and O–H groups in total. The summed E-state index contributed by atoms with van der Waals surface area (Å²) in [6.07, 6.45) is 0.526. The van der Waals surface area contributed by atoms with Crippen molar-refractivity contribution in [2.75, 3.05) is 0 Å². The quantitative estimate of drug-likeness (QED) is 0.813. The molecule has 0 fully saturated rings. The van der Waals surface area contributed by atoms with Crippen LogP contribution < -0.4 is 11.1 Å². The molecule has 1 rings (SSSR count). The highest BCUT2D eigenvalue weighted by Crippen LogP contribution is 2.13. The van der Waals surface area contributed by atoms with Gasteiger partial charge in [-0.15, -0.1) is 0 Å². The molecule has 100 valence electrons. The number of amides is 1. The Bertz CT molecular complexity index is 426. The van der Waals surface area contributed by atoms with Crippen LogP contribution in [-0.2, 0) is 0 Å². The van der Waals surface area contributed by atoms with Gasteiger partial charge in [-0.1, -0.05) is 0 Å². The predicted octanol–water partition coefficient (Wildman–Crippen LogP) is 1.96. The summed E-state index contributed by atoms with van der Waals surface area (Å²) in [5, 5.41) is 2.53. The van der Waals surface area contributed by atoms with Gasteiger partial charge in [0.25, 0.3) is 5.91 Å². The van der Waals surface area contributed by atoms with E-state index >= 15 is 0 Å². The Balaban J connectivity index is 2.79. The highest BCUT2D eigenvalue weighted by molar-refractivity contribution is 5.94. The number of carbonyl (C=O) groups excluding carboxylic acids is 1. The van der Waals surface area contributed by atoms with Crippen molar-refractivity contribution < 1.29 is 18.0 Å². The van der Waals surface area contributed by atoms with Crippen LogP contribution in [-0.4, -0.2) is 18.0 Å². The lowest BCUT2D eigenvalue weighted by atomic mass is 10.1. The van der Waals surface area contributed by atoms with Crippen LogP contribution in [0.5, 0.6) is 0 Å². The fraction of sp³-hybridized carbons (Fsp3) is 0.417. The molecule has 0 aliphatic rings. The number of hydrogen-bond acceptors (Lipinski definition) is 2. The first-order chi connectivity index (χ1) is 8.31. The van der Waals surface area contributed by atoms with Crippen LogP contribution in [0, 0.1) is 17.5 Å². The molecule has 0 aliphatic carbocycles. The van der Waals surface area contributed by atoms with Gasteiger partial charge < -0.3 is 11.1 Å². The molecule has 1 aromatic rings. The number of halogens is 3. The third-order valence-electron chi connectivity index (χ3n) is 2.35. The van der Waals surface area contributed by atoms with Gasteiger partial charge in [-0.25, -0.2) is 13.2 Å². The van der Waals surface area contributed by atoms with E-state index in [1.54, 1.807) is 13.8 Å². The minimum Gasteiger partial charge on any atom is -0.350 e. The van der Waals surface area contributed by atoms with Gasteiger partial charge in [0.15, 0.2) is 17.5 Å². The van der Waals surface area contributed by atoms with Crippen molar-refractivity contribution in [2.24, 2.45) is 5.73 Å². The zero-order chi connectivity index (χ0) is 13.9. The molecule has 2 unspecified atom stereocenters. The molecule has 0 spiro atoms. The Morgan fingerprint density at radius 3 is 2.22 bits per heavy atom. The second-order valence-electron chi connectivity index (χ2n) is 4.34.